The molecule has 0 aliphatic heterocycles. The third-order valence-corrected chi connectivity index (χ3v) is 4.68. The van der Waals surface area contributed by atoms with Crippen LogP contribution in [0.4, 0.5) is 0 Å². The van der Waals surface area contributed by atoms with Gasteiger partial charge in [0.1, 0.15) is 0 Å². The summed E-state index contributed by atoms with van der Waals surface area (Å²) in [6, 6.07) is 10.9. The number of carboxylic acid groups (broad SMARTS) is 1. The first-order chi connectivity index (χ1) is 13.4. The molecule has 0 atom stereocenters. The van der Waals surface area contributed by atoms with E-state index in [1.54, 1.807) is 12.1 Å². The van der Waals surface area contributed by atoms with Gasteiger partial charge in [-0.1, -0.05) is 28.1 Å². The van der Waals surface area contributed by atoms with E-state index in [0.717, 1.165) is 10.0 Å². The van der Waals surface area contributed by atoms with Gasteiger partial charge in [-0.2, -0.15) is 5.10 Å². The van der Waals surface area contributed by atoms with Crippen molar-refractivity contribution < 1.29 is 24.2 Å². The number of nitrogens with zero attached hydrogens (tertiary/aromatic N) is 1. The highest BCUT2D eigenvalue weighted by molar-refractivity contribution is 14.1. The molecule has 28 heavy (non-hydrogen) atoms. The lowest BCUT2D eigenvalue weighted by Gasteiger charge is -2.13. The molecule has 7 nitrogen and oxygen atoms in total. The first-order valence-electron chi connectivity index (χ1n) is 8.26. The summed E-state index contributed by atoms with van der Waals surface area (Å²) in [5, 5.41) is 12.8. The Morgan fingerprint density at radius 1 is 1.25 bits per heavy atom. The van der Waals surface area contributed by atoms with Gasteiger partial charge < -0.3 is 14.6 Å². The van der Waals surface area contributed by atoms with Crippen LogP contribution >= 0.6 is 38.5 Å². The van der Waals surface area contributed by atoms with Crippen LogP contribution in [-0.2, 0) is 16.0 Å². The molecule has 0 saturated heterocycles. The van der Waals surface area contributed by atoms with E-state index in [4.69, 9.17) is 14.6 Å². The lowest BCUT2D eigenvalue weighted by atomic mass is 10.1. The van der Waals surface area contributed by atoms with Crippen LogP contribution in [0.3, 0.4) is 0 Å². The van der Waals surface area contributed by atoms with Crippen molar-refractivity contribution in [1.82, 2.24) is 5.43 Å². The van der Waals surface area contributed by atoms with Crippen LogP contribution in [0.15, 0.2) is 46.0 Å². The van der Waals surface area contributed by atoms with Crippen molar-refractivity contribution in [3.05, 3.63) is 55.6 Å². The molecule has 0 spiro atoms. The quantitative estimate of drug-likeness (QED) is 0.277. The van der Waals surface area contributed by atoms with Gasteiger partial charge in [0.05, 0.1) is 22.8 Å². The standard InChI is InChI=1S/C19H18BrIN2O5/c1-2-27-16-8-13(7-15(21)19(16)28-11-18(25)26)10-22-23-17(24)9-12-3-5-14(20)6-4-12/h3-8,10H,2,9,11H2,1H3,(H,23,24)(H,25,26)/b22-10-. The molecule has 2 aromatic carbocycles. The molecule has 0 aromatic heterocycles. The number of carbonyl (C=O) groups is 2. The van der Waals surface area contributed by atoms with E-state index in [1.807, 2.05) is 53.8 Å². The normalized spacial score (nSPS) is 10.7. The molecule has 0 saturated carbocycles. The largest absolute Gasteiger partial charge is 0.490 e. The van der Waals surface area contributed by atoms with Crippen LogP contribution in [0.5, 0.6) is 11.5 Å². The molecule has 9 heteroatoms. The fourth-order valence-corrected chi connectivity index (χ4v) is 3.25. The number of ether oxygens (including phenoxy) is 2. The third kappa shape index (κ3) is 7.12. The zero-order chi connectivity index (χ0) is 20.5. The summed E-state index contributed by atoms with van der Waals surface area (Å²) in [7, 11) is 0. The number of hydrogen-bond donors (Lipinski definition) is 2. The molecule has 0 aliphatic rings. The Kier molecular flexibility index (Phi) is 8.71. The number of carbonyl (C=O) groups excluding carboxylic acids is 1. The smallest absolute Gasteiger partial charge is 0.341 e. The summed E-state index contributed by atoms with van der Waals surface area (Å²) >= 11 is 5.38. The van der Waals surface area contributed by atoms with Gasteiger partial charge in [-0.05, 0) is 64.9 Å². The molecule has 2 aromatic rings. The number of amides is 1. The molecule has 1 amide bonds. The first kappa shape index (κ1) is 22.2. The zero-order valence-electron chi connectivity index (χ0n) is 14.9. The second kappa shape index (κ2) is 11.0. The Morgan fingerprint density at radius 3 is 2.61 bits per heavy atom. The van der Waals surface area contributed by atoms with E-state index >= 15 is 0 Å². The average Bonchev–Trinajstić information content (AvgIpc) is 2.63. The lowest BCUT2D eigenvalue weighted by Crippen LogP contribution is -2.19. The number of rotatable bonds is 9. The van der Waals surface area contributed by atoms with Crippen molar-refractivity contribution in [3.8, 4) is 11.5 Å². The maximum absolute atomic E-state index is 12.0. The highest BCUT2D eigenvalue weighted by Gasteiger charge is 2.13. The van der Waals surface area contributed by atoms with E-state index in [0.29, 0.717) is 27.2 Å². The lowest BCUT2D eigenvalue weighted by molar-refractivity contribution is -0.139. The molecule has 0 unspecified atom stereocenters. The van der Waals surface area contributed by atoms with Gasteiger partial charge in [0.2, 0.25) is 5.91 Å². The number of aliphatic carboxylic acids is 1. The zero-order valence-corrected chi connectivity index (χ0v) is 18.7. The maximum Gasteiger partial charge on any atom is 0.341 e. The van der Waals surface area contributed by atoms with E-state index in [1.165, 1.54) is 6.21 Å². The summed E-state index contributed by atoms with van der Waals surface area (Å²) in [4.78, 5) is 22.7. The van der Waals surface area contributed by atoms with Gasteiger partial charge in [0, 0.05) is 4.47 Å². The van der Waals surface area contributed by atoms with E-state index in [2.05, 4.69) is 26.5 Å². The van der Waals surface area contributed by atoms with Crippen molar-refractivity contribution in [3.63, 3.8) is 0 Å². The summed E-state index contributed by atoms with van der Waals surface area (Å²) in [6.45, 7) is 1.75. The van der Waals surface area contributed by atoms with Crippen molar-refractivity contribution in [2.75, 3.05) is 13.2 Å². The summed E-state index contributed by atoms with van der Waals surface area (Å²) < 4.78 is 12.5. The van der Waals surface area contributed by atoms with Gasteiger partial charge in [-0.3, -0.25) is 4.79 Å². The van der Waals surface area contributed by atoms with Crippen LogP contribution < -0.4 is 14.9 Å². The highest BCUT2D eigenvalue weighted by Crippen LogP contribution is 2.33. The van der Waals surface area contributed by atoms with Crippen LogP contribution in [0.1, 0.15) is 18.1 Å². The second-order valence-corrected chi connectivity index (χ2v) is 7.62. The van der Waals surface area contributed by atoms with Crippen molar-refractivity contribution in [2.45, 2.75) is 13.3 Å². The summed E-state index contributed by atoms with van der Waals surface area (Å²) in [6.07, 6.45) is 1.71. The molecule has 148 valence electrons. The monoisotopic (exact) mass is 560 g/mol. The molecular formula is C19H18BrIN2O5. The molecule has 2 rings (SSSR count). The van der Waals surface area contributed by atoms with Crippen molar-refractivity contribution in [2.24, 2.45) is 5.10 Å². The SMILES string of the molecule is CCOc1cc(/C=N\NC(=O)Cc2ccc(Br)cc2)cc(I)c1OCC(=O)O. The molecule has 0 aliphatic carbocycles. The second-order valence-electron chi connectivity index (χ2n) is 5.54. The molecule has 0 bridgehead atoms. The Labute approximate surface area is 184 Å². The van der Waals surface area contributed by atoms with Crippen molar-refractivity contribution in [1.29, 1.82) is 0 Å². The van der Waals surface area contributed by atoms with Crippen LogP contribution in [0.2, 0.25) is 0 Å². The molecule has 0 fully saturated rings. The summed E-state index contributed by atoms with van der Waals surface area (Å²) in [5.41, 5.74) is 4.05. The van der Waals surface area contributed by atoms with Crippen LogP contribution in [-0.4, -0.2) is 36.4 Å². The van der Waals surface area contributed by atoms with Gasteiger partial charge in [-0.15, -0.1) is 0 Å². The van der Waals surface area contributed by atoms with E-state index in [-0.39, 0.29) is 12.3 Å². The number of benzene rings is 2. The van der Waals surface area contributed by atoms with E-state index < -0.39 is 12.6 Å². The minimum Gasteiger partial charge on any atom is -0.490 e. The number of hydrogen-bond acceptors (Lipinski definition) is 5. The molecule has 0 radical (unpaired) electrons. The Bertz CT molecular complexity index is 871. The number of carboxylic acids is 1. The minimum absolute atomic E-state index is 0.217. The number of hydrazone groups is 1. The number of halogens is 2. The van der Waals surface area contributed by atoms with E-state index in [9.17, 15) is 9.59 Å². The van der Waals surface area contributed by atoms with Crippen LogP contribution in [0, 0.1) is 3.57 Å². The average molecular weight is 561 g/mol. The predicted octanol–water partition coefficient (Wildman–Crippen LogP) is 3.61. The Balaban J connectivity index is 2.04. The maximum atomic E-state index is 12.0. The van der Waals surface area contributed by atoms with Gasteiger partial charge in [-0.25, -0.2) is 10.2 Å². The minimum atomic E-state index is -1.07. The van der Waals surface area contributed by atoms with Crippen LogP contribution in [0.25, 0.3) is 0 Å². The van der Waals surface area contributed by atoms with Gasteiger partial charge in [0.15, 0.2) is 18.1 Å². The number of nitrogens with one attached hydrogen (secondary N) is 1. The molecule has 0 heterocycles. The Hall–Kier alpha value is -2.14. The van der Waals surface area contributed by atoms with Gasteiger partial charge >= 0.3 is 5.97 Å². The fraction of sp³-hybridized carbons (Fsp3) is 0.211. The van der Waals surface area contributed by atoms with Crippen molar-refractivity contribution >= 4 is 56.6 Å². The predicted molar refractivity (Wildman–Crippen MR) is 117 cm³/mol. The topological polar surface area (TPSA) is 97.2 Å². The Morgan fingerprint density at radius 2 is 1.96 bits per heavy atom. The highest BCUT2D eigenvalue weighted by atomic mass is 127. The van der Waals surface area contributed by atoms with Gasteiger partial charge in [0.25, 0.3) is 0 Å². The molecular weight excluding hydrogens is 543 g/mol. The summed E-state index contributed by atoms with van der Waals surface area (Å²) in [5.74, 6) is -0.531. The third-order valence-electron chi connectivity index (χ3n) is 3.35. The fourth-order valence-electron chi connectivity index (χ4n) is 2.21. The first-order valence-corrected chi connectivity index (χ1v) is 10.1. The molecule has 2 N–H and O–H groups in total.